The summed E-state index contributed by atoms with van der Waals surface area (Å²) >= 11 is 6.26. The Morgan fingerprint density at radius 3 is 2.78 bits per heavy atom. The molecule has 2 aromatic rings. The maximum atomic E-state index is 9.35. The van der Waals surface area contributed by atoms with Crippen LogP contribution in [0.3, 0.4) is 0 Å². The van der Waals surface area contributed by atoms with Gasteiger partial charge in [0.2, 0.25) is 0 Å². The molecule has 0 amide bonds. The molecule has 2 heterocycles. The van der Waals surface area contributed by atoms with Crippen LogP contribution in [0, 0.1) is 17.2 Å². The molecule has 1 fully saturated rings. The fraction of sp³-hybridized carbons (Fsp3) is 0.440. The van der Waals surface area contributed by atoms with Crippen LogP contribution in [0.2, 0.25) is 5.02 Å². The second-order valence-electron chi connectivity index (χ2n) is 9.10. The molecule has 1 saturated carbocycles. The van der Waals surface area contributed by atoms with Gasteiger partial charge in [0.1, 0.15) is 24.0 Å². The molecule has 2 aliphatic heterocycles. The predicted molar refractivity (Wildman–Crippen MR) is 123 cm³/mol. The molecule has 2 N–H and O–H groups in total. The molecule has 1 unspecified atom stereocenters. The summed E-state index contributed by atoms with van der Waals surface area (Å²) in [6, 6.07) is 13.8. The van der Waals surface area contributed by atoms with Crippen molar-refractivity contribution in [1.29, 1.82) is 5.26 Å². The number of rotatable bonds is 3. The summed E-state index contributed by atoms with van der Waals surface area (Å²) in [5, 5.41) is 9.87. The molecule has 5 rings (SSSR count). The Hall–Kier alpha value is -2.75. The Bertz CT molecular complexity index is 1130. The van der Waals surface area contributed by atoms with E-state index in [-0.39, 0.29) is 30.3 Å². The van der Waals surface area contributed by atoms with Crippen molar-refractivity contribution >= 4 is 17.6 Å². The van der Waals surface area contributed by atoms with Crippen LogP contribution in [0.4, 0.5) is 0 Å². The lowest BCUT2D eigenvalue weighted by molar-refractivity contribution is -0.0791. The number of nitriles is 1. The zero-order valence-electron chi connectivity index (χ0n) is 18.2. The van der Waals surface area contributed by atoms with Crippen molar-refractivity contribution in [2.75, 3.05) is 6.61 Å². The molecule has 1 aliphatic carbocycles. The molecule has 166 valence electrons. The van der Waals surface area contributed by atoms with Crippen LogP contribution in [0.5, 0.6) is 5.75 Å². The third kappa shape index (κ3) is 3.60. The van der Waals surface area contributed by atoms with Gasteiger partial charge in [-0.1, -0.05) is 17.7 Å². The van der Waals surface area contributed by atoms with E-state index >= 15 is 0 Å². The SMILES string of the molecule is CC(C)O[C@@H]1CCC2Oc3ccc(-c4cc(Cl)cc(C#N)c4)cc3[C@@]3(COC(N)=N3)[C@H]2C1. The smallest absolute Gasteiger partial charge is 0.283 e. The molecule has 0 aromatic heterocycles. The first-order valence-electron chi connectivity index (χ1n) is 11.0. The number of nitrogens with zero attached hydrogens (tertiary/aromatic N) is 2. The lowest BCUT2D eigenvalue weighted by atomic mass is 9.67. The second kappa shape index (κ2) is 7.99. The number of ether oxygens (including phenoxy) is 3. The number of hydrogen-bond acceptors (Lipinski definition) is 6. The average molecular weight is 452 g/mol. The number of halogens is 1. The highest BCUT2D eigenvalue weighted by molar-refractivity contribution is 6.31. The highest BCUT2D eigenvalue weighted by Gasteiger charge is 2.55. The Kier molecular flexibility index (Phi) is 5.27. The van der Waals surface area contributed by atoms with Crippen LogP contribution in [-0.2, 0) is 15.0 Å². The average Bonchev–Trinajstić information content (AvgIpc) is 3.15. The van der Waals surface area contributed by atoms with Crippen molar-refractivity contribution in [2.45, 2.75) is 57.0 Å². The summed E-state index contributed by atoms with van der Waals surface area (Å²) in [4.78, 5) is 4.86. The number of aliphatic imine (C=N–C) groups is 1. The van der Waals surface area contributed by atoms with E-state index < -0.39 is 5.54 Å². The molecule has 0 radical (unpaired) electrons. The Balaban J connectivity index is 1.60. The summed E-state index contributed by atoms with van der Waals surface area (Å²) in [5.41, 5.74) is 8.71. The monoisotopic (exact) mass is 451 g/mol. The standard InChI is InChI=1S/C25H26ClN3O3/c1-14(2)31-19-4-6-23-21(11-19)25(13-30-24(28)29-25)20-10-16(3-5-22(20)32-23)17-7-15(12-27)8-18(26)9-17/h3,5,7-10,14,19,21,23H,4,6,11,13H2,1-2H3,(H2,28,29)/t19-,21+,23?,25+/m1/s1. The van der Waals surface area contributed by atoms with Gasteiger partial charge in [-0.25, -0.2) is 4.99 Å². The predicted octanol–water partition coefficient (Wildman–Crippen LogP) is 4.77. The zero-order valence-corrected chi connectivity index (χ0v) is 18.9. The minimum absolute atomic E-state index is 0.0370. The fourth-order valence-corrected chi connectivity index (χ4v) is 5.60. The molecule has 0 bridgehead atoms. The van der Waals surface area contributed by atoms with Crippen molar-refractivity contribution in [3.63, 3.8) is 0 Å². The van der Waals surface area contributed by atoms with Crippen molar-refractivity contribution in [3.8, 4) is 22.9 Å². The van der Waals surface area contributed by atoms with Gasteiger partial charge in [-0.2, -0.15) is 5.26 Å². The van der Waals surface area contributed by atoms with E-state index in [1.165, 1.54) is 0 Å². The Morgan fingerprint density at radius 1 is 1.22 bits per heavy atom. The van der Waals surface area contributed by atoms with Crippen LogP contribution < -0.4 is 10.5 Å². The van der Waals surface area contributed by atoms with Gasteiger partial charge < -0.3 is 19.9 Å². The molecule has 7 heteroatoms. The largest absolute Gasteiger partial charge is 0.490 e. The number of hydrogen-bond donors (Lipinski definition) is 1. The van der Waals surface area contributed by atoms with E-state index in [2.05, 4.69) is 26.0 Å². The van der Waals surface area contributed by atoms with Crippen molar-refractivity contribution < 1.29 is 14.2 Å². The van der Waals surface area contributed by atoms with Gasteiger partial charge in [0.05, 0.1) is 23.8 Å². The number of nitrogens with two attached hydrogens (primary N) is 1. The van der Waals surface area contributed by atoms with Gasteiger partial charge in [-0.05, 0) is 74.6 Å². The van der Waals surface area contributed by atoms with E-state index in [4.69, 9.17) is 36.5 Å². The molecule has 3 aliphatic rings. The maximum absolute atomic E-state index is 9.35. The summed E-state index contributed by atoms with van der Waals surface area (Å²) in [6.45, 7) is 4.51. The molecule has 6 nitrogen and oxygen atoms in total. The topological polar surface area (TPSA) is 89.9 Å². The van der Waals surface area contributed by atoms with Gasteiger partial charge in [0.25, 0.3) is 6.02 Å². The number of benzene rings is 2. The van der Waals surface area contributed by atoms with Crippen LogP contribution in [-0.4, -0.2) is 30.9 Å². The summed E-state index contributed by atoms with van der Waals surface area (Å²) in [5.74, 6) is 0.903. The van der Waals surface area contributed by atoms with E-state index in [0.29, 0.717) is 17.2 Å². The summed E-state index contributed by atoms with van der Waals surface area (Å²) < 4.78 is 18.4. The summed E-state index contributed by atoms with van der Waals surface area (Å²) in [7, 11) is 0. The van der Waals surface area contributed by atoms with Gasteiger partial charge in [-0.15, -0.1) is 0 Å². The minimum Gasteiger partial charge on any atom is -0.490 e. The first-order chi connectivity index (χ1) is 15.4. The first-order valence-corrected chi connectivity index (χ1v) is 11.4. The molecular weight excluding hydrogens is 426 g/mol. The molecule has 0 saturated heterocycles. The minimum atomic E-state index is -0.617. The summed E-state index contributed by atoms with van der Waals surface area (Å²) in [6.07, 6.45) is 3.06. The third-order valence-corrected chi connectivity index (χ3v) is 6.87. The molecule has 2 aromatic carbocycles. The number of fused-ring (bicyclic) bond motifs is 4. The van der Waals surface area contributed by atoms with Crippen molar-refractivity contribution in [1.82, 2.24) is 0 Å². The van der Waals surface area contributed by atoms with Crippen molar-refractivity contribution in [3.05, 3.63) is 52.5 Å². The van der Waals surface area contributed by atoms with Gasteiger partial charge >= 0.3 is 0 Å². The number of amidine groups is 1. The maximum Gasteiger partial charge on any atom is 0.283 e. The van der Waals surface area contributed by atoms with Crippen molar-refractivity contribution in [2.24, 2.45) is 16.6 Å². The fourth-order valence-electron chi connectivity index (χ4n) is 5.36. The van der Waals surface area contributed by atoms with Gasteiger partial charge in [0, 0.05) is 16.5 Å². The van der Waals surface area contributed by atoms with E-state index in [9.17, 15) is 5.26 Å². The quantitative estimate of drug-likeness (QED) is 0.725. The van der Waals surface area contributed by atoms with Gasteiger partial charge in [-0.3, -0.25) is 0 Å². The molecular formula is C25H26ClN3O3. The van der Waals surface area contributed by atoms with Gasteiger partial charge in [0.15, 0.2) is 0 Å². The third-order valence-electron chi connectivity index (χ3n) is 6.65. The Labute approximate surface area is 192 Å². The Morgan fingerprint density at radius 2 is 2.06 bits per heavy atom. The normalized spacial score (nSPS) is 28.3. The lowest BCUT2D eigenvalue weighted by Crippen LogP contribution is -2.52. The van der Waals surface area contributed by atoms with Crippen LogP contribution in [0.1, 0.15) is 44.2 Å². The van der Waals surface area contributed by atoms with Crippen LogP contribution in [0.15, 0.2) is 41.4 Å². The highest BCUT2D eigenvalue weighted by Crippen LogP contribution is 2.53. The molecule has 4 atom stereocenters. The lowest BCUT2D eigenvalue weighted by Gasteiger charge is -2.48. The van der Waals surface area contributed by atoms with E-state index in [1.807, 2.05) is 24.3 Å². The second-order valence-corrected chi connectivity index (χ2v) is 9.53. The van der Waals surface area contributed by atoms with E-state index in [1.54, 1.807) is 6.07 Å². The molecule has 1 spiro atoms. The van der Waals surface area contributed by atoms with E-state index in [0.717, 1.165) is 41.7 Å². The first kappa shape index (κ1) is 21.1. The molecule has 32 heavy (non-hydrogen) atoms. The highest BCUT2D eigenvalue weighted by atomic mass is 35.5. The zero-order chi connectivity index (χ0) is 22.5. The van der Waals surface area contributed by atoms with Crippen LogP contribution >= 0.6 is 11.6 Å². The van der Waals surface area contributed by atoms with Crippen LogP contribution in [0.25, 0.3) is 11.1 Å².